The molecule has 1 unspecified atom stereocenters. The normalized spacial score (nSPS) is 15.0. The summed E-state index contributed by atoms with van der Waals surface area (Å²) in [4.78, 5) is 17.5. The van der Waals surface area contributed by atoms with E-state index >= 15 is 0 Å². The highest BCUT2D eigenvalue weighted by Gasteiger charge is 2.33. The maximum atomic E-state index is 12.8. The number of hydrogen-bond acceptors (Lipinski definition) is 2. The molecule has 0 spiro atoms. The minimum Gasteiger partial charge on any atom is -0.349 e. The number of hydrogen-bond donors (Lipinski definition) is 1. The molecule has 2 aromatic carbocycles. The molecule has 1 fully saturated rings. The Kier molecular flexibility index (Phi) is 4.46. The number of fused-ring (bicyclic) bond motifs is 1. The summed E-state index contributed by atoms with van der Waals surface area (Å²) in [6, 6.07) is 18.6. The molecule has 1 amide bonds. The number of carbonyl (C=O) groups is 1. The van der Waals surface area contributed by atoms with Crippen LogP contribution >= 0.6 is 0 Å². The number of carbonyl (C=O) groups excluding carboxylic acids is 1. The number of pyridine rings is 1. The second-order valence-electron chi connectivity index (χ2n) is 7.29. The lowest BCUT2D eigenvalue weighted by molar-refractivity contribution is -0.121. The van der Waals surface area contributed by atoms with E-state index in [1.165, 1.54) is 18.4 Å². The van der Waals surface area contributed by atoms with E-state index in [9.17, 15) is 4.79 Å². The first-order valence-corrected chi connectivity index (χ1v) is 9.32. The third-order valence-electron chi connectivity index (χ3n) is 5.39. The predicted octanol–water partition coefficient (Wildman–Crippen LogP) is 4.66. The van der Waals surface area contributed by atoms with Crippen molar-refractivity contribution in [2.75, 3.05) is 0 Å². The molecule has 1 heterocycles. The number of nitrogens with one attached hydrogen (secondary N) is 1. The Morgan fingerprint density at radius 3 is 2.50 bits per heavy atom. The molecular formula is C23H24N2O. The maximum Gasteiger partial charge on any atom is 0.224 e. The van der Waals surface area contributed by atoms with Gasteiger partial charge in [-0.1, -0.05) is 48.5 Å². The van der Waals surface area contributed by atoms with Crippen molar-refractivity contribution in [3.05, 3.63) is 77.0 Å². The summed E-state index contributed by atoms with van der Waals surface area (Å²) < 4.78 is 0. The molecule has 0 radical (unpaired) electrons. The number of benzene rings is 2. The number of amides is 1. The first kappa shape index (κ1) is 16.8. The zero-order chi connectivity index (χ0) is 18.1. The Morgan fingerprint density at radius 2 is 1.77 bits per heavy atom. The highest BCUT2D eigenvalue weighted by atomic mass is 16.1. The molecule has 0 saturated heterocycles. The molecule has 1 aliphatic carbocycles. The highest BCUT2D eigenvalue weighted by molar-refractivity contribution is 5.86. The van der Waals surface area contributed by atoms with E-state index in [1.807, 2.05) is 43.3 Å². The summed E-state index contributed by atoms with van der Waals surface area (Å²) >= 11 is 0. The summed E-state index contributed by atoms with van der Waals surface area (Å²) in [6.07, 6.45) is 2.76. The van der Waals surface area contributed by atoms with Gasteiger partial charge < -0.3 is 5.32 Å². The summed E-state index contributed by atoms with van der Waals surface area (Å²) in [5.41, 5.74) is 5.34. The van der Waals surface area contributed by atoms with Gasteiger partial charge in [-0.05, 0) is 55.4 Å². The van der Waals surface area contributed by atoms with Crippen LogP contribution in [0, 0.1) is 19.8 Å². The molecular weight excluding hydrogens is 320 g/mol. The van der Waals surface area contributed by atoms with Gasteiger partial charge >= 0.3 is 0 Å². The molecule has 1 N–H and O–H groups in total. The second-order valence-corrected chi connectivity index (χ2v) is 7.29. The molecule has 132 valence electrons. The third kappa shape index (κ3) is 3.34. The molecule has 0 bridgehead atoms. The summed E-state index contributed by atoms with van der Waals surface area (Å²) in [5.74, 6) is 0.646. The summed E-state index contributed by atoms with van der Waals surface area (Å²) in [5, 5.41) is 4.41. The molecule has 1 aliphatic rings. The molecule has 1 saturated carbocycles. The lowest BCUT2D eigenvalue weighted by Gasteiger charge is -2.20. The lowest BCUT2D eigenvalue weighted by atomic mass is 9.98. The monoisotopic (exact) mass is 344 g/mol. The molecule has 1 atom stereocenters. The molecule has 3 nitrogen and oxygen atoms in total. The smallest absolute Gasteiger partial charge is 0.224 e. The molecule has 0 aliphatic heterocycles. The van der Waals surface area contributed by atoms with E-state index in [-0.39, 0.29) is 11.9 Å². The minimum atomic E-state index is 0.0778. The van der Waals surface area contributed by atoms with Gasteiger partial charge in [0.25, 0.3) is 0 Å². The standard InChI is InChI=1S/C23H24N2O/c1-15-19-10-6-7-11-21(19)24-16(2)20(15)14-22(26)25-23(18-12-13-18)17-8-4-3-5-9-17/h3-11,18,23H,12-14H2,1-2H3,(H,25,26). The average molecular weight is 344 g/mol. The van der Waals surface area contributed by atoms with Crippen molar-refractivity contribution in [1.82, 2.24) is 10.3 Å². The van der Waals surface area contributed by atoms with Crippen LogP contribution in [0.5, 0.6) is 0 Å². The van der Waals surface area contributed by atoms with E-state index in [0.29, 0.717) is 12.3 Å². The quantitative estimate of drug-likeness (QED) is 0.731. The first-order valence-electron chi connectivity index (χ1n) is 9.32. The van der Waals surface area contributed by atoms with Crippen molar-refractivity contribution in [2.45, 2.75) is 39.2 Å². The average Bonchev–Trinajstić information content (AvgIpc) is 3.49. The van der Waals surface area contributed by atoms with E-state index in [0.717, 1.165) is 27.7 Å². The topological polar surface area (TPSA) is 42.0 Å². The molecule has 3 aromatic rings. The number of nitrogens with zero attached hydrogens (tertiary/aromatic N) is 1. The van der Waals surface area contributed by atoms with Crippen molar-refractivity contribution in [3.8, 4) is 0 Å². The molecule has 1 aromatic heterocycles. The van der Waals surface area contributed by atoms with Gasteiger partial charge in [0.05, 0.1) is 18.0 Å². The van der Waals surface area contributed by atoms with Gasteiger partial charge in [0, 0.05) is 11.1 Å². The van der Waals surface area contributed by atoms with Crippen LogP contribution in [0.2, 0.25) is 0 Å². The van der Waals surface area contributed by atoms with Crippen LogP contribution < -0.4 is 5.32 Å². The number of aromatic nitrogens is 1. The minimum absolute atomic E-state index is 0.0778. The van der Waals surface area contributed by atoms with Crippen LogP contribution in [-0.2, 0) is 11.2 Å². The van der Waals surface area contributed by atoms with Crippen LogP contribution in [0.4, 0.5) is 0 Å². The van der Waals surface area contributed by atoms with E-state index in [4.69, 9.17) is 4.98 Å². The van der Waals surface area contributed by atoms with Crippen molar-refractivity contribution >= 4 is 16.8 Å². The maximum absolute atomic E-state index is 12.8. The van der Waals surface area contributed by atoms with E-state index in [1.54, 1.807) is 0 Å². The van der Waals surface area contributed by atoms with Gasteiger partial charge in [0.2, 0.25) is 5.91 Å². The van der Waals surface area contributed by atoms with E-state index < -0.39 is 0 Å². The van der Waals surface area contributed by atoms with Crippen molar-refractivity contribution < 1.29 is 4.79 Å². The summed E-state index contributed by atoms with van der Waals surface area (Å²) in [6.45, 7) is 4.09. The Balaban J connectivity index is 1.57. The van der Waals surface area contributed by atoms with Gasteiger partial charge in [-0.2, -0.15) is 0 Å². The van der Waals surface area contributed by atoms with Crippen molar-refractivity contribution in [1.29, 1.82) is 0 Å². The van der Waals surface area contributed by atoms with Gasteiger partial charge in [-0.15, -0.1) is 0 Å². The molecule has 3 heteroatoms. The van der Waals surface area contributed by atoms with Crippen molar-refractivity contribution in [2.24, 2.45) is 5.92 Å². The SMILES string of the molecule is Cc1nc2ccccc2c(C)c1CC(=O)NC(c1ccccc1)C1CC1. The van der Waals surface area contributed by atoms with Gasteiger partial charge in [-0.25, -0.2) is 0 Å². The third-order valence-corrected chi connectivity index (χ3v) is 5.39. The lowest BCUT2D eigenvalue weighted by Crippen LogP contribution is -2.31. The largest absolute Gasteiger partial charge is 0.349 e. The molecule has 26 heavy (non-hydrogen) atoms. The van der Waals surface area contributed by atoms with Crippen LogP contribution in [0.25, 0.3) is 10.9 Å². The fourth-order valence-electron chi connectivity index (χ4n) is 3.78. The Bertz CT molecular complexity index is 945. The second kappa shape index (κ2) is 6.91. The predicted molar refractivity (Wildman–Crippen MR) is 105 cm³/mol. The Morgan fingerprint density at radius 1 is 1.08 bits per heavy atom. The summed E-state index contributed by atoms with van der Waals surface area (Å²) in [7, 11) is 0. The fraction of sp³-hybridized carbons (Fsp3) is 0.304. The van der Waals surface area contributed by atoms with Crippen molar-refractivity contribution in [3.63, 3.8) is 0 Å². The van der Waals surface area contributed by atoms with Gasteiger partial charge in [0.15, 0.2) is 0 Å². The van der Waals surface area contributed by atoms with E-state index in [2.05, 4.69) is 30.4 Å². The zero-order valence-electron chi connectivity index (χ0n) is 15.3. The van der Waals surface area contributed by atoms with Gasteiger partial charge in [-0.3, -0.25) is 9.78 Å². The van der Waals surface area contributed by atoms with Crippen LogP contribution in [0.15, 0.2) is 54.6 Å². The fourth-order valence-corrected chi connectivity index (χ4v) is 3.78. The highest BCUT2D eigenvalue weighted by Crippen LogP contribution is 2.41. The van der Waals surface area contributed by atoms with Gasteiger partial charge in [0.1, 0.15) is 0 Å². The van der Waals surface area contributed by atoms with Crippen LogP contribution in [0.1, 0.15) is 41.3 Å². The number of para-hydroxylation sites is 1. The van der Waals surface area contributed by atoms with Crippen LogP contribution in [-0.4, -0.2) is 10.9 Å². The zero-order valence-corrected chi connectivity index (χ0v) is 15.3. The number of aryl methyl sites for hydroxylation is 2. The number of rotatable bonds is 5. The van der Waals surface area contributed by atoms with Crippen LogP contribution in [0.3, 0.4) is 0 Å². The molecule has 4 rings (SSSR count). The Hall–Kier alpha value is -2.68. The first-order chi connectivity index (χ1) is 12.6. The Labute approximate surface area is 154 Å².